The minimum absolute atomic E-state index is 0.0129. The van der Waals surface area contributed by atoms with Crippen molar-refractivity contribution in [3.8, 4) is 0 Å². The Hall–Kier alpha value is -2.60. The Morgan fingerprint density at radius 3 is 1.64 bits per heavy atom. The number of methoxy groups -OCH3 is 1. The zero-order chi connectivity index (χ0) is 19.8. The molecule has 0 saturated carbocycles. The third-order valence-corrected chi connectivity index (χ3v) is 2.76. The fraction of sp³-hybridized carbons (Fsp3) is 0.692. The third-order valence-electron chi connectivity index (χ3n) is 2.76. The number of guanidine groups is 2. The number of esters is 1. The molecule has 0 spiro atoms. The van der Waals surface area contributed by atoms with Gasteiger partial charge in [0.2, 0.25) is 0 Å². The zero-order valence-electron chi connectivity index (χ0n) is 14.4. The fourth-order valence-corrected chi connectivity index (χ4v) is 1.43. The molecule has 25 heavy (non-hydrogen) atoms. The van der Waals surface area contributed by atoms with Gasteiger partial charge in [0.25, 0.3) is 0 Å². The van der Waals surface area contributed by atoms with Gasteiger partial charge in [-0.3, -0.25) is 19.6 Å². The highest BCUT2D eigenvalue weighted by atomic mass is 16.5. The Bertz CT molecular complexity index is 447. The van der Waals surface area contributed by atoms with Gasteiger partial charge in [-0.05, 0) is 25.7 Å². The van der Waals surface area contributed by atoms with Crippen LogP contribution >= 0.6 is 0 Å². The van der Waals surface area contributed by atoms with E-state index in [1.807, 2.05) is 0 Å². The second-order valence-electron chi connectivity index (χ2n) is 4.97. The highest BCUT2D eigenvalue weighted by Crippen LogP contribution is 1.96. The van der Waals surface area contributed by atoms with Crippen molar-refractivity contribution >= 4 is 23.9 Å². The average Bonchev–Trinajstić information content (AvgIpc) is 2.54. The number of ether oxygens (including phenoxy) is 1. The lowest BCUT2D eigenvalue weighted by atomic mass is 10.2. The number of carbonyl (C=O) groups is 2. The van der Waals surface area contributed by atoms with Gasteiger partial charge in [0.1, 0.15) is 12.1 Å². The minimum Gasteiger partial charge on any atom is -0.480 e. The molecule has 12 nitrogen and oxygen atoms in total. The van der Waals surface area contributed by atoms with Gasteiger partial charge >= 0.3 is 11.9 Å². The molecule has 0 aliphatic rings. The summed E-state index contributed by atoms with van der Waals surface area (Å²) in [6, 6.07) is -1.40. The number of carboxylic acids is 1. The van der Waals surface area contributed by atoms with Crippen molar-refractivity contribution in [3.05, 3.63) is 0 Å². The summed E-state index contributed by atoms with van der Waals surface area (Å²) >= 11 is 0. The number of aliphatic imine (C=N–C) groups is 2. The van der Waals surface area contributed by atoms with Crippen LogP contribution in [0.2, 0.25) is 0 Å². The second kappa shape index (κ2) is 15.0. The number of aliphatic carboxylic acids is 1. The van der Waals surface area contributed by atoms with Crippen LogP contribution in [0.3, 0.4) is 0 Å². The Balaban J connectivity index is 0. The van der Waals surface area contributed by atoms with E-state index in [1.54, 1.807) is 0 Å². The van der Waals surface area contributed by atoms with E-state index in [-0.39, 0.29) is 11.9 Å². The molecule has 0 radical (unpaired) electrons. The van der Waals surface area contributed by atoms with Crippen molar-refractivity contribution in [3.63, 3.8) is 0 Å². The summed E-state index contributed by atoms with van der Waals surface area (Å²) in [4.78, 5) is 28.5. The smallest absolute Gasteiger partial charge is 0.322 e. The number of rotatable bonds is 10. The van der Waals surface area contributed by atoms with Crippen molar-refractivity contribution in [1.29, 1.82) is 0 Å². The van der Waals surface area contributed by atoms with Gasteiger partial charge in [-0.1, -0.05) is 0 Å². The highest BCUT2D eigenvalue weighted by molar-refractivity contribution is 5.76. The first-order valence-corrected chi connectivity index (χ1v) is 7.54. The van der Waals surface area contributed by atoms with Crippen LogP contribution < -0.4 is 34.4 Å². The second-order valence-corrected chi connectivity index (χ2v) is 4.97. The molecule has 0 fully saturated rings. The van der Waals surface area contributed by atoms with Crippen LogP contribution in [0.25, 0.3) is 0 Å². The van der Waals surface area contributed by atoms with Gasteiger partial charge in [0, 0.05) is 13.1 Å². The molecule has 0 heterocycles. The molecule has 12 heteroatoms. The molecule has 0 saturated heterocycles. The van der Waals surface area contributed by atoms with Gasteiger partial charge in [-0.2, -0.15) is 0 Å². The molecule has 13 N–H and O–H groups in total. The van der Waals surface area contributed by atoms with E-state index in [2.05, 4.69) is 14.7 Å². The number of hydrogen-bond donors (Lipinski definition) is 7. The SMILES string of the molecule is COC(=O)C(N)CCCN=C(N)N.NC(N)=NCCCC(N)C(=O)O. The van der Waals surface area contributed by atoms with E-state index in [0.29, 0.717) is 38.8 Å². The molecule has 0 amide bonds. The van der Waals surface area contributed by atoms with Crippen LogP contribution in [0.15, 0.2) is 9.98 Å². The molecule has 0 aromatic rings. The predicted molar refractivity (Wildman–Crippen MR) is 95.4 cm³/mol. The standard InChI is InChI=1S/C7H16N4O2.C6H14N4O2/c1-13-6(12)5(8)3-2-4-11-7(9)10;7-4(5(11)12)2-1-3-10-6(8)9/h5H,2-4,8H2,1H3,(H4,9,10,11);4H,1-3,7H2,(H,11,12)(H4,8,9,10). The van der Waals surface area contributed by atoms with Gasteiger partial charge in [0.05, 0.1) is 7.11 Å². The van der Waals surface area contributed by atoms with Gasteiger partial charge in [0.15, 0.2) is 11.9 Å². The first-order chi connectivity index (χ1) is 11.6. The van der Waals surface area contributed by atoms with Crippen LogP contribution in [-0.4, -0.2) is 61.2 Å². The Kier molecular flexibility index (Phi) is 14.7. The van der Waals surface area contributed by atoms with Crippen molar-refractivity contribution in [2.24, 2.45) is 44.4 Å². The number of carboxylic acid groups (broad SMARTS) is 1. The summed E-state index contributed by atoms with van der Waals surface area (Å²) in [5.41, 5.74) is 31.0. The summed E-state index contributed by atoms with van der Waals surface area (Å²) < 4.78 is 4.44. The number of nitrogens with two attached hydrogens (primary N) is 6. The molecule has 2 unspecified atom stereocenters. The van der Waals surface area contributed by atoms with Crippen molar-refractivity contribution in [1.82, 2.24) is 0 Å². The van der Waals surface area contributed by atoms with Gasteiger partial charge in [-0.25, -0.2) is 0 Å². The molecule has 0 aliphatic carbocycles. The Labute approximate surface area is 146 Å². The van der Waals surface area contributed by atoms with E-state index >= 15 is 0 Å². The molecule has 0 bridgehead atoms. The zero-order valence-corrected chi connectivity index (χ0v) is 14.4. The van der Waals surface area contributed by atoms with Crippen LogP contribution in [0.5, 0.6) is 0 Å². The van der Waals surface area contributed by atoms with Crippen LogP contribution in [-0.2, 0) is 14.3 Å². The Morgan fingerprint density at radius 2 is 1.32 bits per heavy atom. The summed E-state index contributed by atoms with van der Waals surface area (Å²) in [5.74, 6) is -1.35. The van der Waals surface area contributed by atoms with E-state index < -0.39 is 24.0 Å². The van der Waals surface area contributed by atoms with E-state index in [4.69, 9.17) is 39.5 Å². The third kappa shape index (κ3) is 17.6. The predicted octanol–water partition coefficient (Wildman–Crippen LogP) is -3.01. The molecule has 0 aromatic carbocycles. The topological polar surface area (TPSA) is 244 Å². The molecule has 0 rings (SSSR count). The Morgan fingerprint density at radius 1 is 0.920 bits per heavy atom. The first-order valence-electron chi connectivity index (χ1n) is 7.54. The lowest BCUT2D eigenvalue weighted by Crippen LogP contribution is -2.31. The maximum Gasteiger partial charge on any atom is 0.322 e. The van der Waals surface area contributed by atoms with Gasteiger partial charge < -0.3 is 44.2 Å². The summed E-state index contributed by atoms with van der Waals surface area (Å²) in [5, 5.41) is 8.38. The van der Waals surface area contributed by atoms with Crippen molar-refractivity contribution < 1.29 is 19.4 Å². The molecular weight excluding hydrogens is 332 g/mol. The van der Waals surface area contributed by atoms with E-state index in [1.165, 1.54) is 7.11 Å². The lowest BCUT2D eigenvalue weighted by Gasteiger charge is -2.07. The number of nitrogens with zero attached hydrogens (tertiary/aromatic N) is 2. The minimum atomic E-state index is -1.00. The molecule has 2 atom stereocenters. The van der Waals surface area contributed by atoms with Gasteiger partial charge in [-0.15, -0.1) is 0 Å². The normalized spacial score (nSPS) is 12.0. The lowest BCUT2D eigenvalue weighted by molar-refractivity contribution is -0.142. The number of carbonyl (C=O) groups excluding carboxylic acids is 1. The molecule has 0 aliphatic heterocycles. The van der Waals surface area contributed by atoms with E-state index in [0.717, 1.165) is 0 Å². The molecule has 146 valence electrons. The average molecular weight is 362 g/mol. The number of hydrogen-bond acceptors (Lipinski definition) is 7. The first kappa shape index (κ1) is 24.6. The quantitative estimate of drug-likeness (QED) is 0.0897. The van der Waals surface area contributed by atoms with Crippen LogP contribution in [0, 0.1) is 0 Å². The monoisotopic (exact) mass is 362 g/mol. The highest BCUT2D eigenvalue weighted by Gasteiger charge is 2.12. The maximum atomic E-state index is 10.8. The van der Waals surface area contributed by atoms with Crippen LogP contribution in [0.1, 0.15) is 25.7 Å². The summed E-state index contributed by atoms with van der Waals surface area (Å²) in [6.45, 7) is 0.899. The maximum absolute atomic E-state index is 10.8. The van der Waals surface area contributed by atoms with Crippen molar-refractivity contribution in [2.75, 3.05) is 20.2 Å². The fourth-order valence-electron chi connectivity index (χ4n) is 1.43. The molecular formula is C13H30N8O4. The summed E-state index contributed by atoms with van der Waals surface area (Å²) in [7, 11) is 1.30. The van der Waals surface area contributed by atoms with E-state index in [9.17, 15) is 9.59 Å². The van der Waals surface area contributed by atoms with Crippen molar-refractivity contribution in [2.45, 2.75) is 37.8 Å². The summed E-state index contributed by atoms with van der Waals surface area (Å²) in [6.07, 6.45) is 2.13. The molecule has 0 aromatic heterocycles. The van der Waals surface area contributed by atoms with Crippen LogP contribution in [0.4, 0.5) is 0 Å². The largest absolute Gasteiger partial charge is 0.480 e.